The van der Waals surface area contributed by atoms with Gasteiger partial charge in [0.2, 0.25) is 0 Å². The average molecular weight is 277 g/mol. The molecule has 4 heteroatoms. The second kappa shape index (κ2) is 6.07. The lowest BCUT2D eigenvalue weighted by molar-refractivity contribution is -0.141. The smallest absolute Gasteiger partial charge is 0.308 e. The van der Waals surface area contributed by atoms with Gasteiger partial charge in [-0.3, -0.25) is 9.59 Å². The summed E-state index contributed by atoms with van der Waals surface area (Å²) in [5.41, 5.74) is 1.79. The lowest BCUT2D eigenvalue weighted by atomic mass is 9.86. The molecular weight excluding hydrogens is 254 g/mol. The zero-order valence-corrected chi connectivity index (χ0v) is 12.8. The Morgan fingerprint density at radius 2 is 1.70 bits per heavy atom. The van der Waals surface area contributed by atoms with Crippen LogP contribution in [0.4, 0.5) is 0 Å². The molecule has 1 amide bonds. The van der Waals surface area contributed by atoms with Crippen molar-refractivity contribution in [2.45, 2.75) is 33.1 Å². The number of carbonyl (C=O) groups is 2. The van der Waals surface area contributed by atoms with Crippen molar-refractivity contribution in [3.05, 3.63) is 35.4 Å². The van der Waals surface area contributed by atoms with E-state index in [4.69, 9.17) is 5.11 Å². The maximum absolute atomic E-state index is 12.2. The van der Waals surface area contributed by atoms with Crippen LogP contribution in [0.15, 0.2) is 24.3 Å². The van der Waals surface area contributed by atoms with Crippen molar-refractivity contribution in [3.63, 3.8) is 0 Å². The van der Waals surface area contributed by atoms with Gasteiger partial charge >= 0.3 is 5.97 Å². The second-order valence-electron chi connectivity index (χ2n) is 6.25. The van der Waals surface area contributed by atoms with Crippen LogP contribution in [0.1, 0.15) is 43.6 Å². The lowest BCUT2D eigenvalue weighted by Gasteiger charge is -2.21. The van der Waals surface area contributed by atoms with E-state index in [-0.39, 0.29) is 17.9 Å². The molecule has 0 saturated carbocycles. The molecule has 0 saturated heterocycles. The summed E-state index contributed by atoms with van der Waals surface area (Å²) in [6.07, 6.45) is 0. The Balaban J connectivity index is 2.80. The summed E-state index contributed by atoms with van der Waals surface area (Å²) in [7, 11) is 1.62. The van der Waals surface area contributed by atoms with Crippen LogP contribution >= 0.6 is 0 Å². The minimum atomic E-state index is -0.896. The summed E-state index contributed by atoms with van der Waals surface area (Å²) in [5, 5.41) is 8.87. The number of aliphatic carboxylic acids is 1. The highest BCUT2D eigenvalue weighted by Crippen LogP contribution is 2.22. The van der Waals surface area contributed by atoms with Gasteiger partial charge in [0.15, 0.2) is 0 Å². The van der Waals surface area contributed by atoms with Gasteiger partial charge in [-0.1, -0.05) is 39.8 Å². The molecule has 20 heavy (non-hydrogen) atoms. The summed E-state index contributed by atoms with van der Waals surface area (Å²) in [6.45, 7) is 8.14. The van der Waals surface area contributed by atoms with E-state index in [1.165, 1.54) is 4.90 Å². The molecule has 1 N–H and O–H groups in total. The largest absolute Gasteiger partial charge is 0.481 e. The fourth-order valence-corrected chi connectivity index (χ4v) is 1.90. The van der Waals surface area contributed by atoms with E-state index in [1.54, 1.807) is 26.1 Å². The number of carbonyl (C=O) groups excluding carboxylic acids is 1. The molecule has 110 valence electrons. The maximum Gasteiger partial charge on any atom is 0.308 e. The van der Waals surface area contributed by atoms with Gasteiger partial charge in [0.25, 0.3) is 5.91 Å². The highest BCUT2D eigenvalue weighted by atomic mass is 16.4. The van der Waals surface area contributed by atoms with Crippen molar-refractivity contribution in [1.29, 1.82) is 0 Å². The van der Waals surface area contributed by atoms with Crippen LogP contribution in [-0.4, -0.2) is 35.5 Å². The van der Waals surface area contributed by atoms with Crippen molar-refractivity contribution < 1.29 is 14.7 Å². The van der Waals surface area contributed by atoms with Crippen molar-refractivity contribution in [2.75, 3.05) is 13.6 Å². The Morgan fingerprint density at radius 3 is 2.10 bits per heavy atom. The summed E-state index contributed by atoms with van der Waals surface area (Å²) >= 11 is 0. The van der Waals surface area contributed by atoms with Crippen LogP contribution in [0.5, 0.6) is 0 Å². The fraction of sp³-hybridized carbons (Fsp3) is 0.500. The molecule has 0 aliphatic heterocycles. The van der Waals surface area contributed by atoms with Crippen molar-refractivity contribution >= 4 is 11.9 Å². The van der Waals surface area contributed by atoms with E-state index in [0.717, 1.165) is 5.56 Å². The van der Waals surface area contributed by atoms with Crippen LogP contribution in [0, 0.1) is 5.92 Å². The zero-order chi connectivity index (χ0) is 15.5. The molecule has 0 aromatic heterocycles. The van der Waals surface area contributed by atoms with Gasteiger partial charge < -0.3 is 10.0 Å². The Bertz CT molecular complexity index is 485. The molecule has 0 radical (unpaired) electrons. The van der Waals surface area contributed by atoms with Gasteiger partial charge in [-0.2, -0.15) is 0 Å². The van der Waals surface area contributed by atoms with Gasteiger partial charge in [0.05, 0.1) is 5.92 Å². The van der Waals surface area contributed by atoms with E-state index < -0.39 is 11.9 Å². The topological polar surface area (TPSA) is 57.6 Å². The number of rotatable bonds is 4. The van der Waals surface area contributed by atoms with Crippen LogP contribution in [0.2, 0.25) is 0 Å². The molecule has 0 spiro atoms. The third kappa shape index (κ3) is 4.08. The monoisotopic (exact) mass is 277 g/mol. The molecule has 0 bridgehead atoms. The molecule has 1 atom stereocenters. The van der Waals surface area contributed by atoms with E-state index in [2.05, 4.69) is 20.8 Å². The number of benzene rings is 1. The highest BCUT2D eigenvalue weighted by molar-refractivity contribution is 5.94. The summed E-state index contributed by atoms with van der Waals surface area (Å²) in [4.78, 5) is 24.5. The summed E-state index contributed by atoms with van der Waals surface area (Å²) in [5.74, 6) is -1.62. The van der Waals surface area contributed by atoms with Crippen molar-refractivity contribution in [3.8, 4) is 0 Å². The van der Waals surface area contributed by atoms with Gasteiger partial charge in [0, 0.05) is 19.2 Å². The minimum Gasteiger partial charge on any atom is -0.481 e. The molecular formula is C16H23NO3. The van der Waals surface area contributed by atoms with E-state index in [0.29, 0.717) is 5.56 Å². The highest BCUT2D eigenvalue weighted by Gasteiger charge is 2.19. The Hall–Kier alpha value is -1.84. The average Bonchev–Trinajstić information content (AvgIpc) is 2.36. The first kappa shape index (κ1) is 16.2. The standard InChI is InChI=1S/C16H23NO3/c1-11(15(19)20)10-17(5)14(18)12-6-8-13(9-7-12)16(2,3)4/h6-9,11H,10H2,1-5H3,(H,19,20). The predicted molar refractivity (Wildman–Crippen MR) is 78.9 cm³/mol. The van der Waals surface area contributed by atoms with Gasteiger partial charge in [0.1, 0.15) is 0 Å². The van der Waals surface area contributed by atoms with Crippen molar-refractivity contribution in [1.82, 2.24) is 4.90 Å². The summed E-state index contributed by atoms with van der Waals surface area (Å²) in [6, 6.07) is 7.49. The molecule has 1 unspecified atom stereocenters. The van der Waals surface area contributed by atoms with Gasteiger partial charge in [-0.15, -0.1) is 0 Å². The zero-order valence-electron chi connectivity index (χ0n) is 12.8. The number of carboxylic acids is 1. The molecule has 1 rings (SSSR count). The lowest BCUT2D eigenvalue weighted by Crippen LogP contribution is -2.33. The van der Waals surface area contributed by atoms with Crippen LogP contribution in [-0.2, 0) is 10.2 Å². The fourth-order valence-electron chi connectivity index (χ4n) is 1.90. The Morgan fingerprint density at radius 1 is 1.20 bits per heavy atom. The number of hydrogen-bond acceptors (Lipinski definition) is 2. The van der Waals surface area contributed by atoms with Gasteiger partial charge in [-0.25, -0.2) is 0 Å². The van der Waals surface area contributed by atoms with Crippen LogP contribution in [0.3, 0.4) is 0 Å². The third-order valence-electron chi connectivity index (χ3n) is 3.31. The van der Waals surface area contributed by atoms with E-state index in [1.807, 2.05) is 12.1 Å². The van der Waals surface area contributed by atoms with Crippen LogP contribution in [0.25, 0.3) is 0 Å². The van der Waals surface area contributed by atoms with Gasteiger partial charge in [-0.05, 0) is 23.1 Å². The third-order valence-corrected chi connectivity index (χ3v) is 3.31. The first-order valence-corrected chi connectivity index (χ1v) is 6.71. The van der Waals surface area contributed by atoms with Crippen molar-refractivity contribution in [2.24, 2.45) is 5.92 Å². The number of nitrogens with zero attached hydrogens (tertiary/aromatic N) is 1. The SMILES string of the molecule is CC(CN(C)C(=O)c1ccc(C(C)(C)C)cc1)C(=O)O. The predicted octanol–water partition coefficient (Wildman–Crippen LogP) is 2.78. The number of carboxylic acid groups (broad SMARTS) is 1. The number of hydrogen-bond donors (Lipinski definition) is 1. The number of amides is 1. The first-order valence-electron chi connectivity index (χ1n) is 6.71. The molecule has 4 nitrogen and oxygen atoms in total. The molecule has 0 fully saturated rings. The van der Waals surface area contributed by atoms with E-state index in [9.17, 15) is 9.59 Å². The second-order valence-corrected chi connectivity index (χ2v) is 6.25. The Labute approximate surface area is 120 Å². The molecule has 1 aromatic carbocycles. The summed E-state index contributed by atoms with van der Waals surface area (Å²) < 4.78 is 0. The quantitative estimate of drug-likeness (QED) is 0.920. The first-order chi connectivity index (χ1) is 9.12. The Kier molecular flexibility index (Phi) is 4.93. The molecule has 0 aliphatic rings. The minimum absolute atomic E-state index is 0.0469. The normalized spacial score (nSPS) is 12.8. The van der Waals surface area contributed by atoms with E-state index >= 15 is 0 Å². The molecule has 0 heterocycles. The van der Waals surface area contributed by atoms with Crippen LogP contribution < -0.4 is 0 Å². The maximum atomic E-state index is 12.2. The molecule has 1 aromatic rings. The molecule has 0 aliphatic carbocycles.